The van der Waals surface area contributed by atoms with Crippen LogP contribution in [0.3, 0.4) is 0 Å². The van der Waals surface area contributed by atoms with E-state index >= 15 is 0 Å². The highest BCUT2D eigenvalue weighted by Crippen LogP contribution is 2.31. The fraction of sp³-hybridized carbons (Fsp3) is 0.350. The Morgan fingerprint density at radius 3 is 2.66 bits per heavy atom. The smallest absolute Gasteiger partial charge is 0.259 e. The average molecular weight is 438 g/mol. The van der Waals surface area contributed by atoms with Crippen molar-refractivity contribution in [2.24, 2.45) is 0 Å². The van der Waals surface area contributed by atoms with E-state index in [0.717, 1.165) is 0 Å². The number of aliphatic hydroxyl groups is 1. The van der Waals surface area contributed by atoms with E-state index in [2.05, 4.69) is 0 Å². The van der Waals surface area contributed by atoms with Crippen molar-refractivity contribution in [2.75, 3.05) is 29.5 Å². The van der Waals surface area contributed by atoms with E-state index in [1.807, 2.05) is 0 Å². The number of amides is 1. The Kier molecular flexibility index (Phi) is 6.48. The molecule has 3 rings (SSSR count). The Balaban J connectivity index is 2.08. The summed E-state index contributed by atoms with van der Waals surface area (Å²) in [6.45, 7) is 1.48. The third-order valence-corrected chi connectivity index (χ3v) is 7.29. The summed E-state index contributed by atoms with van der Waals surface area (Å²) in [5.41, 5.74) is 7.71. The van der Waals surface area contributed by atoms with Crippen molar-refractivity contribution in [1.82, 2.24) is 4.31 Å². The van der Waals surface area contributed by atoms with E-state index in [4.69, 9.17) is 17.3 Å². The molecule has 1 amide bonds. The summed E-state index contributed by atoms with van der Waals surface area (Å²) in [6, 6.07) is 11.0. The number of carbonyl (C=O) groups excluding carboxylic acids is 1. The summed E-state index contributed by atoms with van der Waals surface area (Å²) in [5, 5.41) is 10.2. The molecule has 0 saturated carbocycles. The minimum Gasteiger partial charge on any atom is -0.399 e. The summed E-state index contributed by atoms with van der Waals surface area (Å²) in [4.78, 5) is 14.8. The molecule has 0 aliphatic carbocycles. The fourth-order valence-electron chi connectivity index (χ4n) is 3.50. The van der Waals surface area contributed by atoms with Crippen LogP contribution in [0.2, 0.25) is 5.02 Å². The SMILES string of the molecule is CCCS(=O)(=O)N1Cc2ccccc2N(C(=O)c2ccc(N)cc2Cl)CC1CO. The monoisotopic (exact) mass is 437 g/mol. The second kappa shape index (κ2) is 8.71. The third-order valence-electron chi connectivity index (χ3n) is 4.91. The van der Waals surface area contributed by atoms with Crippen molar-refractivity contribution in [3.63, 3.8) is 0 Å². The van der Waals surface area contributed by atoms with Gasteiger partial charge in [0.2, 0.25) is 10.0 Å². The first-order valence-electron chi connectivity index (χ1n) is 9.33. The van der Waals surface area contributed by atoms with Gasteiger partial charge < -0.3 is 15.7 Å². The van der Waals surface area contributed by atoms with E-state index in [1.165, 1.54) is 15.3 Å². The highest BCUT2D eigenvalue weighted by atomic mass is 35.5. The highest BCUT2D eigenvalue weighted by Gasteiger charge is 2.36. The topological polar surface area (TPSA) is 104 Å². The summed E-state index contributed by atoms with van der Waals surface area (Å²) in [6.07, 6.45) is 0.461. The summed E-state index contributed by atoms with van der Waals surface area (Å²) >= 11 is 6.24. The van der Waals surface area contributed by atoms with Crippen LogP contribution in [0.15, 0.2) is 42.5 Å². The lowest BCUT2D eigenvalue weighted by atomic mass is 10.1. The average Bonchev–Trinajstić information content (AvgIpc) is 2.85. The molecular weight excluding hydrogens is 414 g/mol. The number of aliphatic hydroxyl groups excluding tert-OH is 1. The minimum atomic E-state index is -3.60. The molecule has 2 aromatic rings. The number of carbonyl (C=O) groups is 1. The summed E-state index contributed by atoms with van der Waals surface area (Å²) in [7, 11) is -3.60. The Bertz CT molecular complexity index is 1010. The van der Waals surface area contributed by atoms with Gasteiger partial charge in [0.05, 0.1) is 29.0 Å². The summed E-state index contributed by atoms with van der Waals surface area (Å²) < 4.78 is 27.0. The van der Waals surface area contributed by atoms with Crippen molar-refractivity contribution >= 4 is 38.9 Å². The van der Waals surface area contributed by atoms with Crippen LogP contribution in [-0.2, 0) is 16.6 Å². The number of nitrogens with zero attached hydrogens (tertiary/aromatic N) is 2. The van der Waals surface area contributed by atoms with E-state index in [1.54, 1.807) is 43.3 Å². The predicted molar refractivity (Wildman–Crippen MR) is 114 cm³/mol. The van der Waals surface area contributed by atoms with E-state index in [0.29, 0.717) is 23.4 Å². The van der Waals surface area contributed by atoms with Crippen LogP contribution in [0, 0.1) is 0 Å². The first-order valence-corrected chi connectivity index (χ1v) is 11.3. The lowest BCUT2D eigenvalue weighted by Gasteiger charge is -2.30. The first kappa shape index (κ1) is 21.6. The molecule has 29 heavy (non-hydrogen) atoms. The van der Waals surface area contributed by atoms with E-state index in [9.17, 15) is 18.3 Å². The van der Waals surface area contributed by atoms with Gasteiger partial charge in [0, 0.05) is 24.5 Å². The van der Waals surface area contributed by atoms with Crippen LogP contribution in [-0.4, -0.2) is 48.7 Å². The molecule has 1 atom stereocenters. The number of benzene rings is 2. The molecule has 7 nitrogen and oxygen atoms in total. The number of fused-ring (bicyclic) bond motifs is 1. The van der Waals surface area contributed by atoms with Gasteiger partial charge in [-0.25, -0.2) is 8.42 Å². The number of nitrogens with two attached hydrogens (primary N) is 1. The van der Waals surface area contributed by atoms with Crippen LogP contribution in [0.4, 0.5) is 11.4 Å². The largest absolute Gasteiger partial charge is 0.399 e. The Morgan fingerprint density at radius 2 is 2.00 bits per heavy atom. The lowest BCUT2D eigenvalue weighted by molar-refractivity contribution is 0.0976. The maximum Gasteiger partial charge on any atom is 0.259 e. The molecule has 0 aromatic heterocycles. The number of hydrogen-bond acceptors (Lipinski definition) is 5. The Labute approximate surface area is 175 Å². The van der Waals surface area contributed by atoms with Crippen LogP contribution in [0.5, 0.6) is 0 Å². The molecule has 0 spiro atoms. The van der Waals surface area contributed by atoms with Gasteiger partial charge in [-0.15, -0.1) is 0 Å². The third kappa shape index (κ3) is 4.40. The maximum absolute atomic E-state index is 13.3. The first-order chi connectivity index (χ1) is 13.8. The van der Waals surface area contributed by atoms with Crippen molar-refractivity contribution < 1.29 is 18.3 Å². The Morgan fingerprint density at radius 1 is 1.28 bits per heavy atom. The molecule has 1 aliphatic heterocycles. The molecule has 0 fully saturated rings. The molecule has 9 heteroatoms. The van der Waals surface area contributed by atoms with Gasteiger partial charge in [-0.05, 0) is 36.2 Å². The molecule has 0 bridgehead atoms. The molecule has 1 heterocycles. The molecular formula is C20H24ClN3O4S. The molecule has 0 radical (unpaired) electrons. The molecule has 1 aliphatic rings. The molecule has 156 valence electrons. The van der Waals surface area contributed by atoms with Crippen molar-refractivity contribution in [3.05, 3.63) is 58.6 Å². The number of nitrogen functional groups attached to an aromatic ring is 1. The number of rotatable bonds is 5. The van der Waals surface area contributed by atoms with Crippen molar-refractivity contribution in [1.29, 1.82) is 0 Å². The maximum atomic E-state index is 13.3. The van der Waals surface area contributed by atoms with Crippen molar-refractivity contribution in [2.45, 2.75) is 25.9 Å². The molecule has 2 aromatic carbocycles. The Hall–Kier alpha value is -2.13. The zero-order valence-corrected chi connectivity index (χ0v) is 17.7. The standard InChI is InChI=1S/C20H24ClN3O4S/c1-2-9-29(27,28)24-11-14-5-3-4-6-19(14)23(12-16(24)13-25)20(26)17-8-7-15(22)10-18(17)21/h3-8,10,16,25H,2,9,11-13,22H2,1H3. The number of halogens is 1. The van der Waals surface area contributed by atoms with Crippen LogP contribution in [0.1, 0.15) is 29.3 Å². The fourth-order valence-corrected chi connectivity index (χ4v) is 5.44. The lowest BCUT2D eigenvalue weighted by Crippen LogP contribution is -2.48. The summed E-state index contributed by atoms with van der Waals surface area (Å²) in [5.74, 6) is -0.403. The van der Waals surface area contributed by atoms with Gasteiger partial charge in [-0.3, -0.25) is 4.79 Å². The van der Waals surface area contributed by atoms with Crippen LogP contribution in [0.25, 0.3) is 0 Å². The number of hydrogen-bond donors (Lipinski definition) is 2. The highest BCUT2D eigenvalue weighted by molar-refractivity contribution is 7.89. The number of anilines is 2. The number of sulfonamides is 1. The molecule has 1 unspecified atom stereocenters. The van der Waals surface area contributed by atoms with E-state index in [-0.39, 0.29) is 35.3 Å². The predicted octanol–water partition coefficient (Wildman–Crippen LogP) is 2.49. The van der Waals surface area contributed by atoms with Gasteiger partial charge in [0.25, 0.3) is 5.91 Å². The zero-order chi connectivity index (χ0) is 21.2. The molecule has 0 saturated heterocycles. The normalized spacial score (nSPS) is 17.6. The van der Waals surface area contributed by atoms with Gasteiger partial charge in [0.15, 0.2) is 0 Å². The minimum absolute atomic E-state index is 0.00992. The van der Waals surface area contributed by atoms with E-state index < -0.39 is 22.7 Å². The van der Waals surface area contributed by atoms with Gasteiger partial charge >= 0.3 is 0 Å². The van der Waals surface area contributed by atoms with Gasteiger partial charge in [0.1, 0.15) is 0 Å². The quantitative estimate of drug-likeness (QED) is 0.699. The second-order valence-corrected chi connectivity index (χ2v) is 9.43. The number of para-hydroxylation sites is 1. The van der Waals surface area contributed by atoms with Gasteiger partial charge in [-0.1, -0.05) is 36.7 Å². The van der Waals surface area contributed by atoms with Crippen molar-refractivity contribution in [3.8, 4) is 0 Å². The van der Waals surface area contributed by atoms with Crippen LogP contribution < -0.4 is 10.6 Å². The second-order valence-electron chi connectivity index (χ2n) is 6.98. The van der Waals surface area contributed by atoms with Crippen LogP contribution >= 0.6 is 11.6 Å². The molecule has 3 N–H and O–H groups in total. The zero-order valence-electron chi connectivity index (χ0n) is 16.1. The van der Waals surface area contributed by atoms with Gasteiger partial charge in [-0.2, -0.15) is 4.31 Å².